The zero-order valence-electron chi connectivity index (χ0n) is 13.6. The van der Waals surface area contributed by atoms with Crippen LogP contribution in [0.3, 0.4) is 0 Å². The van der Waals surface area contributed by atoms with Crippen LogP contribution in [-0.2, 0) is 29.5 Å². The number of hydrogen-bond acceptors (Lipinski definition) is 5. The zero-order valence-corrected chi connectivity index (χ0v) is 14.4. The molecule has 1 amide bonds. The van der Waals surface area contributed by atoms with Gasteiger partial charge >= 0.3 is 5.97 Å². The number of carbonyl (C=O) groups excluding carboxylic acids is 3. The minimum atomic E-state index is -1.79. The van der Waals surface area contributed by atoms with Crippen molar-refractivity contribution < 1.29 is 28.2 Å². The Kier molecular flexibility index (Phi) is 4.28. The molecule has 0 N–H and O–H groups in total. The van der Waals surface area contributed by atoms with E-state index in [0.29, 0.717) is 13.0 Å². The summed E-state index contributed by atoms with van der Waals surface area (Å²) in [6.07, 6.45) is 0.867. The Labute approximate surface area is 148 Å². The quantitative estimate of drug-likeness (QED) is 0.768. The van der Waals surface area contributed by atoms with Crippen LogP contribution in [0.5, 0.6) is 0 Å². The zero-order chi connectivity index (χ0) is 18.4. The Morgan fingerprint density at radius 3 is 2.72 bits per heavy atom. The fourth-order valence-electron chi connectivity index (χ4n) is 2.91. The first-order chi connectivity index (χ1) is 11.7. The van der Waals surface area contributed by atoms with Crippen molar-refractivity contribution in [3.8, 4) is 0 Å². The highest BCUT2D eigenvalue weighted by molar-refractivity contribution is 6.30. The summed E-state index contributed by atoms with van der Waals surface area (Å²) in [6.45, 7) is 2.79. The van der Waals surface area contributed by atoms with Gasteiger partial charge in [-0.2, -0.15) is 0 Å². The number of hydrogen-bond donors (Lipinski definition) is 0. The van der Waals surface area contributed by atoms with Crippen molar-refractivity contribution in [3.05, 3.63) is 46.2 Å². The number of Topliss-reactive ketones (excluding diaryl/α,β-unsaturated/α-hetero) is 1. The molecule has 0 aromatic heterocycles. The summed E-state index contributed by atoms with van der Waals surface area (Å²) < 4.78 is 25.0. The van der Waals surface area contributed by atoms with E-state index in [4.69, 9.17) is 21.1 Å². The number of halogens is 2. The van der Waals surface area contributed by atoms with Crippen LogP contribution < -0.4 is 0 Å². The minimum Gasteiger partial charge on any atom is -0.456 e. The first-order valence-corrected chi connectivity index (χ1v) is 8.04. The lowest BCUT2D eigenvalue weighted by Crippen LogP contribution is -2.33. The van der Waals surface area contributed by atoms with Crippen molar-refractivity contribution >= 4 is 29.3 Å². The van der Waals surface area contributed by atoms with E-state index in [-0.39, 0.29) is 28.8 Å². The maximum Gasteiger partial charge on any atom is 0.308 e. The second kappa shape index (κ2) is 6.15. The molecular formula is C17H15ClFNO5. The van der Waals surface area contributed by atoms with Gasteiger partial charge in [0.05, 0.1) is 0 Å². The molecule has 0 saturated carbocycles. The van der Waals surface area contributed by atoms with Crippen LogP contribution in [0.1, 0.15) is 32.3 Å². The first kappa shape index (κ1) is 17.4. The molecule has 2 heterocycles. The van der Waals surface area contributed by atoms with E-state index in [1.165, 1.54) is 24.0 Å². The third-order valence-corrected chi connectivity index (χ3v) is 4.38. The van der Waals surface area contributed by atoms with E-state index < -0.39 is 28.9 Å². The normalized spacial score (nSPS) is 23.3. The van der Waals surface area contributed by atoms with Gasteiger partial charge in [-0.25, -0.2) is 4.39 Å². The van der Waals surface area contributed by atoms with Crippen molar-refractivity contribution in [2.45, 2.75) is 32.3 Å². The molecule has 3 rings (SSSR count). The van der Waals surface area contributed by atoms with Gasteiger partial charge in [-0.15, -0.1) is 0 Å². The number of likely N-dealkylation sites (tertiary alicyclic amines) is 1. The monoisotopic (exact) mass is 367 g/mol. The van der Waals surface area contributed by atoms with E-state index in [0.717, 1.165) is 13.0 Å². The number of ketones is 1. The van der Waals surface area contributed by atoms with Gasteiger partial charge in [0.25, 0.3) is 5.78 Å². The number of benzene rings is 1. The lowest BCUT2D eigenvalue weighted by molar-refractivity contribution is -0.142. The number of esters is 1. The van der Waals surface area contributed by atoms with Crippen molar-refractivity contribution in [2.24, 2.45) is 0 Å². The predicted octanol–water partition coefficient (Wildman–Crippen LogP) is 2.65. The molecule has 25 heavy (non-hydrogen) atoms. The Morgan fingerprint density at radius 1 is 1.40 bits per heavy atom. The molecule has 1 aromatic carbocycles. The molecule has 2 aliphatic rings. The number of carbonyl (C=O) groups is 3. The summed E-state index contributed by atoms with van der Waals surface area (Å²) in [5.41, 5.74) is -1.89. The average molecular weight is 368 g/mol. The maximum atomic E-state index is 14.3. The molecule has 6 nitrogen and oxygen atoms in total. The van der Waals surface area contributed by atoms with Crippen LogP contribution in [-0.4, -0.2) is 29.1 Å². The lowest BCUT2D eigenvalue weighted by atomic mass is 9.91. The number of rotatable bonds is 3. The SMILES string of the molecule is CC(=O)OC1=C(N2CCCC2=O)OC(C)(c2cc(Cl)ccc2F)C1=O. The van der Waals surface area contributed by atoms with Gasteiger partial charge in [0.2, 0.25) is 23.2 Å². The fraction of sp³-hybridized carbons (Fsp3) is 0.353. The molecular weight excluding hydrogens is 353 g/mol. The Bertz CT molecular complexity index is 821. The molecule has 1 unspecified atom stereocenters. The lowest BCUT2D eigenvalue weighted by Gasteiger charge is -2.26. The summed E-state index contributed by atoms with van der Waals surface area (Å²) >= 11 is 5.92. The number of amides is 1. The summed E-state index contributed by atoms with van der Waals surface area (Å²) in [5.74, 6) is -3.01. The summed E-state index contributed by atoms with van der Waals surface area (Å²) in [7, 11) is 0. The molecule has 2 aliphatic heterocycles. The third kappa shape index (κ3) is 2.89. The van der Waals surface area contributed by atoms with E-state index >= 15 is 0 Å². The molecule has 1 saturated heterocycles. The summed E-state index contributed by atoms with van der Waals surface area (Å²) in [5, 5.41) is 0.216. The molecule has 1 aromatic rings. The van der Waals surface area contributed by atoms with Gasteiger partial charge in [-0.05, 0) is 31.5 Å². The Hall–Kier alpha value is -2.41. The minimum absolute atomic E-state index is 0.101. The molecule has 0 radical (unpaired) electrons. The van der Waals surface area contributed by atoms with E-state index in [1.54, 1.807) is 0 Å². The maximum absolute atomic E-state index is 14.3. The molecule has 0 spiro atoms. The highest BCUT2D eigenvalue weighted by atomic mass is 35.5. The molecule has 132 valence electrons. The largest absolute Gasteiger partial charge is 0.456 e. The Balaban J connectivity index is 2.09. The van der Waals surface area contributed by atoms with Crippen LogP contribution >= 0.6 is 11.6 Å². The van der Waals surface area contributed by atoms with E-state index in [1.807, 2.05) is 0 Å². The van der Waals surface area contributed by atoms with Gasteiger partial charge in [0.1, 0.15) is 5.82 Å². The van der Waals surface area contributed by atoms with Crippen molar-refractivity contribution in [1.82, 2.24) is 4.90 Å². The molecule has 0 aliphatic carbocycles. The smallest absolute Gasteiger partial charge is 0.308 e. The van der Waals surface area contributed by atoms with Crippen LogP contribution in [0, 0.1) is 5.82 Å². The topological polar surface area (TPSA) is 72.9 Å². The molecule has 0 bridgehead atoms. The van der Waals surface area contributed by atoms with Gasteiger partial charge in [-0.1, -0.05) is 11.6 Å². The highest BCUT2D eigenvalue weighted by Gasteiger charge is 2.53. The van der Waals surface area contributed by atoms with Crippen LogP contribution in [0.15, 0.2) is 29.8 Å². The summed E-state index contributed by atoms with van der Waals surface area (Å²) in [4.78, 5) is 37.6. The number of ether oxygens (including phenoxy) is 2. The van der Waals surface area contributed by atoms with Gasteiger partial charge in [-0.3, -0.25) is 19.3 Å². The Morgan fingerprint density at radius 2 is 2.12 bits per heavy atom. The van der Waals surface area contributed by atoms with Gasteiger partial charge in [0, 0.05) is 30.5 Å². The second-order valence-electron chi connectivity index (χ2n) is 5.97. The van der Waals surface area contributed by atoms with Gasteiger partial charge < -0.3 is 9.47 Å². The third-order valence-electron chi connectivity index (χ3n) is 4.14. The van der Waals surface area contributed by atoms with Crippen molar-refractivity contribution in [2.75, 3.05) is 6.54 Å². The average Bonchev–Trinajstić information content (AvgIpc) is 3.06. The fourth-order valence-corrected chi connectivity index (χ4v) is 3.09. The van der Waals surface area contributed by atoms with Crippen molar-refractivity contribution in [1.29, 1.82) is 0 Å². The van der Waals surface area contributed by atoms with Gasteiger partial charge in [0.15, 0.2) is 0 Å². The standard InChI is InChI=1S/C17H15ClFNO5/c1-9(21)24-14-15(23)17(2,11-8-10(18)5-6-12(11)19)25-16(14)20-7-3-4-13(20)22/h5-6,8H,3-4,7H2,1-2H3. The number of nitrogens with zero attached hydrogens (tertiary/aromatic N) is 1. The van der Waals surface area contributed by atoms with E-state index in [9.17, 15) is 18.8 Å². The van der Waals surface area contributed by atoms with E-state index in [2.05, 4.69) is 0 Å². The molecule has 1 fully saturated rings. The first-order valence-electron chi connectivity index (χ1n) is 7.66. The molecule has 1 atom stereocenters. The van der Waals surface area contributed by atoms with Crippen molar-refractivity contribution in [3.63, 3.8) is 0 Å². The molecule has 8 heteroatoms. The van der Waals surface area contributed by atoms with Crippen LogP contribution in [0.25, 0.3) is 0 Å². The predicted molar refractivity (Wildman–Crippen MR) is 84.6 cm³/mol. The van der Waals surface area contributed by atoms with Crippen LogP contribution in [0.4, 0.5) is 4.39 Å². The summed E-state index contributed by atoms with van der Waals surface area (Å²) in [6, 6.07) is 3.73. The van der Waals surface area contributed by atoms with Crippen LogP contribution in [0.2, 0.25) is 5.02 Å². The highest BCUT2D eigenvalue weighted by Crippen LogP contribution is 2.42. The second-order valence-corrected chi connectivity index (χ2v) is 6.40.